The first kappa shape index (κ1) is 35.0. The summed E-state index contributed by atoms with van der Waals surface area (Å²) >= 11 is 0. The fraction of sp³-hybridized carbons (Fsp3) is 0.455. The minimum absolute atomic E-state index is 0.0139. The zero-order chi connectivity index (χ0) is 32.1. The minimum atomic E-state index is -5.63. The van der Waals surface area contributed by atoms with E-state index in [-0.39, 0.29) is 11.2 Å². The van der Waals surface area contributed by atoms with Gasteiger partial charge in [-0.1, -0.05) is 46.8 Å². The van der Waals surface area contributed by atoms with Gasteiger partial charge in [-0.15, -0.1) is 0 Å². The molecule has 3 rings (SSSR count). The minimum Gasteiger partial charge on any atom is -0.483 e. The average molecular weight is 638 g/mol. The maximum Gasteiger partial charge on any atom is 0.405 e. The van der Waals surface area contributed by atoms with Gasteiger partial charge in [-0.25, -0.2) is 0 Å². The van der Waals surface area contributed by atoms with Gasteiger partial charge in [0, 0.05) is 5.56 Å². The van der Waals surface area contributed by atoms with E-state index in [9.17, 15) is 17.2 Å². The molecule has 0 radical (unpaired) electrons. The second-order valence-corrected chi connectivity index (χ2v) is 15.0. The number of alkyl halides is 2. The number of hydrogen-bond donors (Lipinski definition) is 1. The Bertz CT molecular complexity index is 1410. The summed E-state index contributed by atoms with van der Waals surface area (Å²) in [5, 5.41) is -4.46. The van der Waals surface area contributed by atoms with Crippen molar-refractivity contribution in [2.45, 2.75) is 98.6 Å². The topological polar surface area (TPSA) is 82.1 Å². The van der Waals surface area contributed by atoms with Crippen LogP contribution in [0.3, 0.4) is 0 Å². The maximum atomic E-state index is 14.1. The first-order valence-corrected chi connectivity index (χ1v) is 17.0. The lowest BCUT2D eigenvalue weighted by molar-refractivity contribution is -0.234. The number of ether oxygens (including phenoxy) is 3. The predicted molar refractivity (Wildman–Crippen MR) is 167 cm³/mol. The van der Waals surface area contributed by atoms with E-state index >= 15 is 0 Å². The van der Waals surface area contributed by atoms with Crippen molar-refractivity contribution in [3.05, 3.63) is 83.9 Å². The number of halogens is 2. The Morgan fingerprint density at radius 1 is 0.744 bits per heavy atom. The van der Waals surface area contributed by atoms with Crippen molar-refractivity contribution >= 4 is 21.0 Å². The highest BCUT2D eigenvalue weighted by Gasteiger charge is 2.51. The van der Waals surface area contributed by atoms with Crippen LogP contribution in [-0.2, 0) is 41.7 Å². The normalized spacial score (nSPS) is 14.4. The van der Waals surface area contributed by atoms with Crippen molar-refractivity contribution in [1.29, 1.82) is 0 Å². The number of benzene rings is 3. The standard InChI is InChI=1S/C33H42F2O6S2/c1-8-22-39-32(7,40-23-9-2)26-12-18-29(19-13-26)42(28-16-10-25(11-17-28)31(4,5)6)30-20-14-27(15-21-30)41-24(3)33(34,35)43(36,37)38/h10-21,24H,8-9,22-23H2,1-7H3/p+1. The van der Waals surface area contributed by atoms with E-state index in [4.69, 9.17) is 18.8 Å². The first-order chi connectivity index (χ1) is 20.0. The van der Waals surface area contributed by atoms with Crippen molar-refractivity contribution in [3.63, 3.8) is 0 Å². The van der Waals surface area contributed by atoms with Gasteiger partial charge in [-0.05, 0) is 98.3 Å². The van der Waals surface area contributed by atoms with Gasteiger partial charge in [-0.2, -0.15) is 17.2 Å². The Kier molecular flexibility index (Phi) is 11.4. The molecule has 2 atom stereocenters. The number of hydrogen-bond acceptors (Lipinski definition) is 5. The lowest BCUT2D eigenvalue weighted by Gasteiger charge is -2.30. The molecule has 236 valence electrons. The third kappa shape index (κ3) is 8.57. The van der Waals surface area contributed by atoms with Gasteiger partial charge in [-0.3, -0.25) is 4.55 Å². The van der Waals surface area contributed by atoms with Crippen molar-refractivity contribution in [3.8, 4) is 5.75 Å². The summed E-state index contributed by atoms with van der Waals surface area (Å²) in [5.41, 5.74) is 2.09. The fourth-order valence-corrected chi connectivity index (χ4v) is 6.84. The molecule has 3 aromatic carbocycles. The van der Waals surface area contributed by atoms with E-state index in [0.717, 1.165) is 40.0 Å². The largest absolute Gasteiger partial charge is 0.483 e. The summed E-state index contributed by atoms with van der Waals surface area (Å²) < 4.78 is 76.7. The second kappa shape index (κ2) is 14.1. The Morgan fingerprint density at radius 3 is 1.51 bits per heavy atom. The molecule has 0 aromatic heterocycles. The van der Waals surface area contributed by atoms with Crippen LogP contribution in [0.2, 0.25) is 0 Å². The number of rotatable bonds is 14. The summed E-state index contributed by atoms with van der Waals surface area (Å²) in [6, 6.07) is 23.2. The summed E-state index contributed by atoms with van der Waals surface area (Å²) in [5.74, 6) is -0.824. The third-order valence-corrected chi connectivity index (χ3v) is 10.2. The van der Waals surface area contributed by atoms with E-state index in [0.29, 0.717) is 13.2 Å². The summed E-state index contributed by atoms with van der Waals surface area (Å²) in [6.45, 7) is 14.5. The van der Waals surface area contributed by atoms with E-state index < -0.39 is 38.2 Å². The highest BCUT2D eigenvalue weighted by molar-refractivity contribution is 7.97. The Morgan fingerprint density at radius 2 is 1.14 bits per heavy atom. The molecule has 0 saturated carbocycles. The highest BCUT2D eigenvalue weighted by Crippen LogP contribution is 2.36. The van der Waals surface area contributed by atoms with Crippen molar-refractivity contribution in [1.82, 2.24) is 0 Å². The molecule has 10 heteroatoms. The Balaban J connectivity index is 2.01. The quantitative estimate of drug-likeness (QED) is 0.109. The van der Waals surface area contributed by atoms with Crippen LogP contribution in [0.4, 0.5) is 8.78 Å². The molecule has 0 amide bonds. The molecule has 6 nitrogen and oxygen atoms in total. The van der Waals surface area contributed by atoms with Gasteiger partial charge in [0.1, 0.15) is 5.75 Å². The van der Waals surface area contributed by atoms with Gasteiger partial charge in [0.2, 0.25) is 0 Å². The smallest absolute Gasteiger partial charge is 0.405 e. The van der Waals surface area contributed by atoms with Gasteiger partial charge in [0.05, 0.1) is 24.1 Å². The van der Waals surface area contributed by atoms with Crippen LogP contribution in [0, 0.1) is 0 Å². The van der Waals surface area contributed by atoms with Gasteiger partial charge < -0.3 is 14.2 Å². The van der Waals surface area contributed by atoms with Crippen LogP contribution >= 0.6 is 0 Å². The van der Waals surface area contributed by atoms with Crippen LogP contribution in [0.15, 0.2) is 87.5 Å². The van der Waals surface area contributed by atoms with Gasteiger partial charge >= 0.3 is 15.4 Å². The van der Waals surface area contributed by atoms with Crippen LogP contribution in [0.5, 0.6) is 5.75 Å². The molecule has 0 heterocycles. The molecular weight excluding hydrogens is 594 g/mol. The molecule has 0 fully saturated rings. The highest BCUT2D eigenvalue weighted by atomic mass is 32.2. The fourth-order valence-electron chi connectivity index (χ4n) is 4.33. The zero-order valence-electron chi connectivity index (χ0n) is 25.9. The molecule has 43 heavy (non-hydrogen) atoms. The predicted octanol–water partition coefficient (Wildman–Crippen LogP) is 8.35. The lowest BCUT2D eigenvalue weighted by Crippen LogP contribution is -2.42. The molecule has 0 aliphatic rings. The molecular formula is C33H43F2O6S2+. The monoisotopic (exact) mass is 637 g/mol. The Labute approximate surface area is 257 Å². The Hall–Kier alpha value is -2.50. The molecule has 2 unspecified atom stereocenters. The third-order valence-electron chi connectivity index (χ3n) is 6.92. The van der Waals surface area contributed by atoms with Crippen molar-refractivity contribution in [2.75, 3.05) is 13.2 Å². The average Bonchev–Trinajstić information content (AvgIpc) is 2.95. The van der Waals surface area contributed by atoms with Crippen molar-refractivity contribution < 1.29 is 36.0 Å². The second-order valence-electron chi connectivity index (χ2n) is 11.5. The van der Waals surface area contributed by atoms with E-state index in [1.54, 1.807) is 12.1 Å². The molecule has 0 aliphatic carbocycles. The van der Waals surface area contributed by atoms with E-state index in [1.165, 1.54) is 17.7 Å². The van der Waals surface area contributed by atoms with Crippen LogP contribution in [0.25, 0.3) is 0 Å². The maximum absolute atomic E-state index is 14.1. The molecule has 0 bridgehead atoms. The van der Waals surface area contributed by atoms with Crippen LogP contribution in [0.1, 0.15) is 72.4 Å². The summed E-state index contributed by atoms with van der Waals surface area (Å²) in [4.78, 5) is 3.00. The van der Waals surface area contributed by atoms with Crippen molar-refractivity contribution in [2.24, 2.45) is 0 Å². The molecule has 0 saturated heterocycles. The van der Waals surface area contributed by atoms with E-state index in [2.05, 4.69) is 71.0 Å². The lowest BCUT2D eigenvalue weighted by atomic mass is 9.87. The SMILES string of the molecule is CCCOC(C)(OCCC)c1ccc([S+](c2ccc(OC(C)C(F)(F)S(=O)(=O)O)cc2)c2ccc(C(C)(C)C)cc2)cc1. The molecule has 1 N–H and O–H groups in total. The first-order valence-electron chi connectivity index (χ1n) is 14.4. The molecule has 0 spiro atoms. The van der Waals surface area contributed by atoms with Gasteiger partial charge in [0.15, 0.2) is 26.6 Å². The zero-order valence-corrected chi connectivity index (χ0v) is 27.5. The summed E-state index contributed by atoms with van der Waals surface area (Å²) in [6.07, 6.45) is -0.366. The van der Waals surface area contributed by atoms with E-state index in [1.807, 2.05) is 19.1 Å². The summed E-state index contributed by atoms with van der Waals surface area (Å²) in [7, 11) is -6.20. The van der Waals surface area contributed by atoms with Crippen LogP contribution < -0.4 is 4.74 Å². The van der Waals surface area contributed by atoms with Crippen LogP contribution in [-0.4, -0.2) is 37.5 Å². The van der Waals surface area contributed by atoms with Gasteiger partial charge in [0.25, 0.3) is 0 Å². The molecule has 3 aromatic rings. The molecule has 0 aliphatic heterocycles.